The Morgan fingerprint density at radius 1 is 1.23 bits per heavy atom. The molecular formula is C19H15ClN4O2. The lowest BCUT2D eigenvalue weighted by Crippen LogP contribution is -2.40. The summed E-state index contributed by atoms with van der Waals surface area (Å²) in [7, 11) is 1.68. The molecule has 0 aliphatic carbocycles. The Balaban J connectivity index is 2.27. The molecule has 2 aromatic heterocycles. The zero-order valence-electron chi connectivity index (χ0n) is 14.3. The van der Waals surface area contributed by atoms with Crippen LogP contribution in [0.2, 0.25) is 5.02 Å². The number of nitrogens with zero attached hydrogens (tertiary/aromatic N) is 4. The second-order valence-corrected chi connectivity index (χ2v) is 5.99. The van der Waals surface area contributed by atoms with Gasteiger partial charge in [-0.2, -0.15) is 0 Å². The Bertz CT molecular complexity index is 1230. The summed E-state index contributed by atoms with van der Waals surface area (Å²) in [5.41, 5.74) is 0.363. The van der Waals surface area contributed by atoms with Crippen LogP contribution in [0.1, 0.15) is 18.3 Å². The van der Waals surface area contributed by atoms with Crippen LogP contribution in [0.4, 0.5) is 0 Å². The predicted octanol–water partition coefficient (Wildman–Crippen LogP) is 1.60. The number of aromatic nitrogens is 4. The molecule has 0 bridgehead atoms. The number of hydrogen-bond donors (Lipinski definition) is 0. The second kappa shape index (κ2) is 6.95. The number of benzene rings is 1. The third kappa shape index (κ3) is 2.92. The van der Waals surface area contributed by atoms with Gasteiger partial charge in [-0.1, -0.05) is 29.5 Å². The van der Waals surface area contributed by atoms with Crippen LogP contribution < -0.4 is 11.2 Å². The van der Waals surface area contributed by atoms with E-state index in [1.54, 1.807) is 36.7 Å². The second-order valence-electron chi connectivity index (χ2n) is 5.55. The molecule has 0 saturated heterocycles. The lowest BCUT2D eigenvalue weighted by Gasteiger charge is -2.07. The number of aryl methyl sites for hydroxylation is 2. The van der Waals surface area contributed by atoms with Crippen molar-refractivity contribution in [2.45, 2.75) is 20.0 Å². The first-order chi connectivity index (χ1) is 12.5. The Labute approximate surface area is 154 Å². The van der Waals surface area contributed by atoms with Gasteiger partial charge in [-0.3, -0.25) is 9.36 Å². The van der Waals surface area contributed by atoms with Crippen LogP contribution in [0.15, 0.2) is 33.9 Å². The maximum absolute atomic E-state index is 12.7. The number of imidazole rings is 1. The van der Waals surface area contributed by atoms with Crippen molar-refractivity contribution in [2.75, 3.05) is 0 Å². The van der Waals surface area contributed by atoms with Crippen LogP contribution in [-0.4, -0.2) is 18.7 Å². The van der Waals surface area contributed by atoms with Gasteiger partial charge < -0.3 is 4.57 Å². The molecule has 0 spiro atoms. The van der Waals surface area contributed by atoms with Crippen LogP contribution in [0.5, 0.6) is 0 Å². The van der Waals surface area contributed by atoms with Gasteiger partial charge in [-0.25, -0.2) is 14.3 Å². The van der Waals surface area contributed by atoms with Crippen molar-refractivity contribution in [1.29, 1.82) is 0 Å². The van der Waals surface area contributed by atoms with Gasteiger partial charge >= 0.3 is 5.69 Å². The number of terminal acetylenes is 1. The molecule has 1 aromatic carbocycles. The fourth-order valence-electron chi connectivity index (χ4n) is 2.68. The van der Waals surface area contributed by atoms with Crippen LogP contribution >= 0.6 is 11.6 Å². The van der Waals surface area contributed by atoms with Crippen LogP contribution in [-0.2, 0) is 20.1 Å². The fourth-order valence-corrected chi connectivity index (χ4v) is 2.87. The zero-order chi connectivity index (χ0) is 18.8. The van der Waals surface area contributed by atoms with E-state index in [4.69, 9.17) is 18.0 Å². The predicted molar refractivity (Wildman–Crippen MR) is 101 cm³/mol. The van der Waals surface area contributed by atoms with E-state index >= 15 is 0 Å². The molecule has 0 unspecified atom stereocenters. The van der Waals surface area contributed by atoms with Crippen molar-refractivity contribution < 1.29 is 0 Å². The first-order valence-corrected chi connectivity index (χ1v) is 8.26. The van der Waals surface area contributed by atoms with Gasteiger partial charge in [-0.15, -0.1) is 6.42 Å². The van der Waals surface area contributed by atoms with E-state index in [0.29, 0.717) is 23.0 Å². The topological polar surface area (TPSA) is 61.8 Å². The van der Waals surface area contributed by atoms with Crippen molar-refractivity contribution in [3.8, 4) is 24.2 Å². The van der Waals surface area contributed by atoms with Gasteiger partial charge in [0.2, 0.25) is 0 Å². The summed E-state index contributed by atoms with van der Waals surface area (Å²) in [6, 6.07) is 7.12. The van der Waals surface area contributed by atoms with E-state index in [0.717, 1.165) is 10.1 Å². The molecule has 2 heterocycles. The Morgan fingerprint density at radius 2 is 2.00 bits per heavy atom. The molecule has 0 fully saturated rings. The smallest absolute Gasteiger partial charge is 0.314 e. The summed E-state index contributed by atoms with van der Waals surface area (Å²) in [6.45, 7) is 2.07. The summed E-state index contributed by atoms with van der Waals surface area (Å²) in [5, 5.41) is 0.582. The monoisotopic (exact) mass is 366 g/mol. The summed E-state index contributed by atoms with van der Waals surface area (Å²) in [6.07, 6.45) is 5.29. The molecule has 26 heavy (non-hydrogen) atoms. The Morgan fingerprint density at radius 3 is 2.65 bits per heavy atom. The molecule has 0 amide bonds. The molecule has 7 heteroatoms. The zero-order valence-corrected chi connectivity index (χ0v) is 15.0. The highest BCUT2D eigenvalue weighted by atomic mass is 35.5. The van der Waals surface area contributed by atoms with Gasteiger partial charge in [-0.05, 0) is 31.0 Å². The fraction of sp³-hybridized carbons (Fsp3) is 0.211. The Hall–Kier alpha value is -3.22. The molecule has 6 nitrogen and oxygen atoms in total. The highest BCUT2D eigenvalue weighted by molar-refractivity contribution is 6.30. The summed E-state index contributed by atoms with van der Waals surface area (Å²) in [5.74, 6) is 8.61. The highest BCUT2D eigenvalue weighted by Crippen LogP contribution is 2.11. The number of halogens is 1. The van der Waals surface area contributed by atoms with E-state index in [-0.39, 0.29) is 12.1 Å². The first-order valence-electron chi connectivity index (χ1n) is 7.89. The standard InChI is InChI=1S/C19H15ClN4O2/c1-4-11-24-18(25)16-17(23(5-2)19(24)26)21-15(22(16)3)10-9-13-7-6-8-14(20)12-13/h1,6-8,12H,5,11H2,2-3H3. The largest absolute Gasteiger partial charge is 0.333 e. The van der Waals surface area contributed by atoms with Crippen LogP contribution in [0.25, 0.3) is 11.2 Å². The van der Waals surface area contributed by atoms with Crippen LogP contribution in [0, 0.1) is 24.2 Å². The van der Waals surface area contributed by atoms with Gasteiger partial charge in [0.1, 0.15) is 0 Å². The normalized spacial score (nSPS) is 10.4. The highest BCUT2D eigenvalue weighted by Gasteiger charge is 2.18. The summed E-state index contributed by atoms with van der Waals surface area (Å²) < 4.78 is 4.02. The van der Waals surface area contributed by atoms with E-state index in [9.17, 15) is 9.59 Å². The third-order valence-electron chi connectivity index (χ3n) is 3.95. The molecule has 3 aromatic rings. The minimum atomic E-state index is -0.476. The van der Waals surface area contributed by atoms with Gasteiger partial charge in [0.25, 0.3) is 5.56 Å². The quantitative estimate of drug-likeness (QED) is 0.647. The van der Waals surface area contributed by atoms with Gasteiger partial charge in [0.05, 0.1) is 6.54 Å². The molecule has 3 rings (SSSR count). The van der Waals surface area contributed by atoms with Crippen LogP contribution in [0.3, 0.4) is 0 Å². The first kappa shape index (κ1) is 17.6. The minimum absolute atomic E-state index is 0.0949. The third-order valence-corrected chi connectivity index (χ3v) is 4.19. The molecule has 0 radical (unpaired) electrons. The van der Waals surface area contributed by atoms with Crippen molar-refractivity contribution in [1.82, 2.24) is 18.7 Å². The number of rotatable bonds is 2. The number of hydrogen-bond acceptors (Lipinski definition) is 3. The molecule has 0 N–H and O–H groups in total. The molecule has 0 aliphatic rings. The summed E-state index contributed by atoms with van der Waals surface area (Å²) in [4.78, 5) is 29.6. The van der Waals surface area contributed by atoms with E-state index in [1.165, 1.54) is 4.57 Å². The lowest BCUT2D eigenvalue weighted by atomic mass is 10.2. The average Bonchev–Trinajstić information content (AvgIpc) is 2.94. The van der Waals surface area contributed by atoms with Crippen molar-refractivity contribution in [2.24, 2.45) is 7.05 Å². The molecule has 0 atom stereocenters. The van der Waals surface area contributed by atoms with Gasteiger partial charge in [0, 0.05) is 24.2 Å². The van der Waals surface area contributed by atoms with Crippen molar-refractivity contribution in [3.05, 3.63) is 61.5 Å². The van der Waals surface area contributed by atoms with E-state index in [2.05, 4.69) is 22.7 Å². The van der Waals surface area contributed by atoms with Crippen molar-refractivity contribution >= 4 is 22.8 Å². The Kier molecular flexibility index (Phi) is 4.71. The van der Waals surface area contributed by atoms with E-state index < -0.39 is 11.2 Å². The number of fused-ring (bicyclic) bond motifs is 1. The van der Waals surface area contributed by atoms with Crippen molar-refractivity contribution in [3.63, 3.8) is 0 Å². The molecular weight excluding hydrogens is 352 g/mol. The SMILES string of the molecule is C#CCn1c(=O)c2c(nc(C#Cc3cccc(Cl)c3)n2C)n(CC)c1=O. The maximum Gasteiger partial charge on any atom is 0.333 e. The minimum Gasteiger partial charge on any atom is -0.314 e. The maximum atomic E-state index is 12.7. The molecule has 0 aliphatic heterocycles. The van der Waals surface area contributed by atoms with Gasteiger partial charge in [0.15, 0.2) is 17.0 Å². The molecule has 130 valence electrons. The lowest BCUT2D eigenvalue weighted by molar-refractivity contribution is 0.630. The summed E-state index contributed by atoms with van der Waals surface area (Å²) >= 11 is 5.96. The van der Waals surface area contributed by atoms with E-state index in [1.807, 2.05) is 6.07 Å². The molecule has 0 saturated carbocycles. The average molecular weight is 367 g/mol.